The summed E-state index contributed by atoms with van der Waals surface area (Å²) in [7, 11) is 0. The van der Waals surface area contributed by atoms with E-state index < -0.39 is 0 Å². The molecule has 2 heterocycles. The Bertz CT molecular complexity index is 981. The number of piperazine rings is 1. The van der Waals surface area contributed by atoms with Gasteiger partial charge in [0.05, 0.1) is 18.2 Å². The smallest absolute Gasteiger partial charge is 0.229 e. The van der Waals surface area contributed by atoms with Crippen LogP contribution < -0.4 is 5.32 Å². The highest BCUT2D eigenvalue weighted by Crippen LogP contribution is 2.26. The lowest BCUT2D eigenvalue weighted by Crippen LogP contribution is -2.49. The van der Waals surface area contributed by atoms with Crippen molar-refractivity contribution in [2.45, 2.75) is 19.4 Å². The number of benzene rings is 2. The molecule has 0 spiro atoms. The lowest BCUT2D eigenvalue weighted by molar-refractivity contribution is -0.133. The van der Waals surface area contributed by atoms with Crippen molar-refractivity contribution >= 4 is 42.1 Å². The van der Waals surface area contributed by atoms with Crippen molar-refractivity contribution in [2.24, 2.45) is 0 Å². The molecule has 0 saturated carbocycles. The van der Waals surface area contributed by atoms with E-state index in [1.807, 2.05) is 16.3 Å². The van der Waals surface area contributed by atoms with Crippen LogP contribution in [-0.2, 0) is 11.2 Å². The van der Waals surface area contributed by atoms with E-state index in [9.17, 15) is 9.18 Å². The third-order valence-corrected chi connectivity index (χ3v) is 5.92. The zero-order valence-corrected chi connectivity index (χ0v) is 19.0. The lowest BCUT2D eigenvalue weighted by Gasteiger charge is -2.36. The van der Waals surface area contributed by atoms with Gasteiger partial charge in [-0.25, -0.2) is 9.37 Å². The van der Waals surface area contributed by atoms with E-state index in [2.05, 4.69) is 41.5 Å². The molecule has 1 fully saturated rings. The number of amides is 1. The summed E-state index contributed by atoms with van der Waals surface area (Å²) in [6.07, 6.45) is 0.258. The van der Waals surface area contributed by atoms with E-state index in [4.69, 9.17) is 0 Å². The minimum absolute atomic E-state index is 0. The highest BCUT2D eigenvalue weighted by atomic mass is 35.5. The van der Waals surface area contributed by atoms with Gasteiger partial charge >= 0.3 is 0 Å². The number of hydrogen-bond donors (Lipinski definition) is 1. The Labute approximate surface area is 192 Å². The first-order valence-electron chi connectivity index (χ1n) is 9.37. The Hall–Kier alpha value is -1.99. The number of hydrogen-bond acceptors (Lipinski definition) is 4. The summed E-state index contributed by atoms with van der Waals surface area (Å²) in [4.78, 5) is 19.5. The fourth-order valence-corrected chi connectivity index (χ4v) is 4.31. The highest BCUT2D eigenvalue weighted by Gasteiger charge is 2.28. The van der Waals surface area contributed by atoms with Crippen LogP contribution in [0.25, 0.3) is 10.6 Å². The summed E-state index contributed by atoms with van der Waals surface area (Å²) in [5, 5.41) is 6.17. The second-order valence-corrected chi connectivity index (χ2v) is 7.91. The Morgan fingerprint density at radius 1 is 1.23 bits per heavy atom. The minimum Gasteiger partial charge on any atom is -0.333 e. The van der Waals surface area contributed by atoms with Crippen LogP contribution >= 0.6 is 36.2 Å². The average molecular weight is 468 g/mol. The Kier molecular flexibility index (Phi) is 8.79. The van der Waals surface area contributed by atoms with Crippen LogP contribution in [0, 0.1) is 12.7 Å². The fourth-order valence-electron chi connectivity index (χ4n) is 3.49. The number of halogens is 3. The summed E-state index contributed by atoms with van der Waals surface area (Å²) in [6.45, 7) is 4.03. The summed E-state index contributed by atoms with van der Waals surface area (Å²) < 4.78 is 13.7. The summed E-state index contributed by atoms with van der Waals surface area (Å²) >= 11 is 1.55. The van der Waals surface area contributed by atoms with Gasteiger partial charge in [-0.1, -0.05) is 42.0 Å². The first kappa shape index (κ1) is 24.3. The van der Waals surface area contributed by atoms with Gasteiger partial charge < -0.3 is 10.2 Å². The molecule has 1 aromatic heterocycles. The van der Waals surface area contributed by atoms with Gasteiger partial charge in [0.15, 0.2) is 0 Å². The number of aromatic nitrogens is 1. The molecule has 4 rings (SSSR count). The van der Waals surface area contributed by atoms with Crippen molar-refractivity contribution in [1.82, 2.24) is 15.2 Å². The fraction of sp³-hybridized carbons (Fsp3) is 0.273. The molecule has 1 unspecified atom stereocenters. The molecule has 3 aromatic rings. The molecule has 1 aliphatic rings. The van der Waals surface area contributed by atoms with Crippen molar-refractivity contribution in [3.05, 3.63) is 76.5 Å². The molecule has 1 atom stereocenters. The van der Waals surface area contributed by atoms with Crippen LogP contribution in [0.3, 0.4) is 0 Å². The van der Waals surface area contributed by atoms with Gasteiger partial charge in [-0.05, 0) is 24.6 Å². The normalized spacial score (nSPS) is 15.8. The number of carbonyl (C=O) groups excluding carboxylic acids is 1. The first-order chi connectivity index (χ1) is 13.6. The van der Waals surface area contributed by atoms with Crippen molar-refractivity contribution < 1.29 is 9.18 Å². The maximum atomic E-state index is 13.7. The zero-order valence-electron chi connectivity index (χ0n) is 16.5. The van der Waals surface area contributed by atoms with Crippen LogP contribution in [-0.4, -0.2) is 35.4 Å². The third kappa shape index (κ3) is 5.58. The molecular weight excluding hydrogens is 444 g/mol. The van der Waals surface area contributed by atoms with Gasteiger partial charge in [0.25, 0.3) is 0 Å². The number of aryl methyl sites for hydroxylation is 1. The average Bonchev–Trinajstić information content (AvgIpc) is 3.17. The largest absolute Gasteiger partial charge is 0.333 e. The van der Waals surface area contributed by atoms with Crippen molar-refractivity contribution in [2.75, 3.05) is 19.6 Å². The topological polar surface area (TPSA) is 45.2 Å². The Morgan fingerprint density at radius 3 is 2.73 bits per heavy atom. The highest BCUT2D eigenvalue weighted by molar-refractivity contribution is 7.13. The van der Waals surface area contributed by atoms with Gasteiger partial charge in [0, 0.05) is 30.6 Å². The van der Waals surface area contributed by atoms with Crippen LogP contribution in [0.4, 0.5) is 4.39 Å². The van der Waals surface area contributed by atoms with Crippen LogP contribution in [0.2, 0.25) is 0 Å². The SMILES string of the molecule is Cc1ccc(-c2nc(CC(=O)N3CCNCC3c3cccc(F)c3)cs2)cc1.Cl.Cl. The number of carbonyl (C=O) groups is 1. The van der Waals surface area contributed by atoms with Gasteiger partial charge in [-0.2, -0.15) is 0 Å². The van der Waals surface area contributed by atoms with Crippen molar-refractivity contribution in [3.8, 4) is 10.6 Å². The summed E-state index contributed by atoms with van der Waals surface area (Å²) in [6, 6.07) is 14.6. The van der Waals surface area contributed by atoms with Crippen LogP contribution in [0.5, 0.6) is 0 Å². The maximum absolute atomic E-state index is 13.7. The molecule has 0 aliphatic carbocycles. The van der Waals surface area contributed by atoms with Gasteiger partial charge in [-0.15, -0.1) is 36.2 Å². The Balaban J connectivity index is 0.00000160. The molecule has 30 heavy (non-hydrogen) atoms. The lowest BCUT2D eigenvalue weighted by atomic mass is 10.0. The van der Waals surface area contributed by atoms with Gasteiger partial charge in [-0.3, -0.25) is 4.79 Å². The molecule has 4 nitrogen and oxygen atoms in total. The zero-order chi connectivity index (χ0) is 19.5. The van der Waals surface area contributed by atoms with Crippen LogP contribution in [0.1, 0.15) is 22.9 Å². The molecule has 0 bridgehead atoms. The molecule has 0 radical (unpaired) electrons. The molecular formula is C22H24Cl2FN3OS. The standard InChI is InChI=1S/C22H22FN3OS.2ClH/c1-15-5-7-16(8-6-15)22-25-19(14-28-22)12-21(27)26-10-9-24-13-20(26)17-3-2-4-18(23)11-17;;/h2-8,11,14,20,24H,9-10,12-13H2,1H3;2*1H. The molecule has 2 aromatic carbocycles. The predicted molar refractivity (Wildman–Crippen MR) is 124 cm³/mol. The number of nitrogens with one attached hydrogen (secondary N) is 1. The third-order valence-electron chi connectivity index (χ3n) is 4.98. The number of nitrogens with zero attached hydrogens (tertiary/aromatic N) is 2. The molecule has 160 valence electrons. The minimum atomic E-state index is -0.280. The molecule has 1 amide bonds. The second-order valence-electron chi connectivity index (χ2n) is 7.05. The van der Waals surface area contributed by atoms with Crippen LogP contribution in [0.15, 0.2) is 53.9 Å². The van der Waals surface area contributed by atoms with E-state index in [0.29, 0.717) is 13.1 Å². The van der Waals surface area contributed by atoms with Crippen molar-refractivity contribution in [3.63, 3.8) is 0 Å². The number of rotatable bonds is 4. The second kappa shape index (κ2) is 10.9. The first-order valence-corrected chi connectivity index (χ1v) is 10.3. The monoisotopic (exact) mass is 467 g/mol. The van der Waals surface area contributed by atoms with Gasteiger partial charge in [0.2, 0.25) is 5.91 Å². The summed E-state index contributed by atoms with van der Waals surface area (Å²) in [5.74, 6) is -0.255. The predicted octanol–water partition coefficient (Wildman–Crippen LogP) is 4.82. The van der Waals surface area contributed by atoms with E-state index in [-0.39, 0.29) is 49.0 Å². The van der Waals surface area contributed by atoms with E-state index >= 15 is 0 Å². The summed E-state index contributed by atoms with van der Waals surface area (Å²) in [5.41, 5.74) is 3.87. The van der Waals surface area contributed by atoms with E-state index in [1.165, 1.54) is 17.7 Å². The van der Waals surface area contributed by atoms with E-state index in [0.717, 1.165) is 28.4 Å². The molecule has 1 N–H and O–H groups in total. The molecule has 8 heteroatoms. The number of thiazole rings is 1. The van der Waals surface area contributed by atoms with Crippen molar-refractivity contribution in [1.29, 1.82) is 0 Å². The molecule has 1 aliphatic heterocycles. The van der Waals surface area contributed by atoms with Gasteiger partial charge in [0.1, 0.15) is 10.8 Å². The van der Waals surface area contributed by atoms with E-state index in [1.54, 1.807) is 17.4 Å². The molecule has 1 saturated heterocycles. The maximum Gasteiger partial charge on any atom is 0.229 e. The Morgan fingerprint density at radius 2 is 2.00 bits per heavy atom. The quantitative estimate of drug-likeness (QED) is 0.598.